The van der Waals surface area contributed by atoms with Gasteiger partial charge in [0, 0.05) is 18.2 Å². The van der Waals surface area contributed by atoms with Crippen molar-refractivity contribution in [3.63, 3.8) is 0 Å². The molecule has 44 heavy (non-hydrogen) atoms. The predicted octanol–water partition coefficient (Wildman–Crippen LogP) is 4.09. The van der Waals surface area contributed by atoms with E-state index in [0.717, 1.165) is 24.3 Å². The SMILES string of the molecule is CC(C)(O)[C@H]1Oc2cc(O)c3c(=O)c4ccc(O)c(O)c4oc3c2[C@@H]1Oc1ccc2c(=O)c3c(O)cc(O)cc3oc2c1O. The van der Waals surface area contributed by atoms with Gasteiger partial charge in [0.25, 0.3) is 0 Å². The zero-order valence-electron chi connectivity index (χ0n) is 22.8. The van der Waals surface area contributed by atoms with Crippen molar-refractivity contribution in [2.45, 2.75) is 31.7 Å². The normalized spacial score (nSPS) is 16.5. The summed E-state index contributed by atoms with van der Waals surface area (Å²) >= 11 is 0. The number of rotatable bonds is 3. The van der Waals surface area contributed by atoms with Crippen LogP contribution >= 0.6 is 0 Å². The summed E-state index contributed by atoms with van der Waals surface area (Å²) in [4.78, 5) is 26.6. The summed E-state index contributed by atoms with van der Waals surface area (Å²) in [5.74, 6) is -3.67. The number of hydrogen-bond donors (Lipinski definition) is 7. The molecule has 2 atom stereocenters. The van der Waals surface area contributed by atoms with Gasteiger partial charge in [0.1, 0.15) is 39.4 Å². The summed E-state index contributed by atoms with van der Waals surface area (Å²) in [6, 6.07) is 8.05. The number of aliphatic hydroxyl groups is 1. The zero-order chi connectivity index (χ0) is 31.4. The number of ether oxygens (including phenoxy) is 2. The average molecular weight is 603 g/mol. The van der Waals surface area contributed by atoms with Gasteiger partial charge in [-0.1, -0.05) is 0 Å². The number of hydrogen-bond acceptors (Lipinski definition) is 13. The van der Waals surface area contributed by atoms with Crippen LogP contribution in [0.1, 0.15) is 25.5 Å². The molecule has 6 aromatic rings. The van der Waals surface area contributed by atoms with E-state index in [2.05, 4.69) is 0 Å². The van der Waals surface area contributed by atoms with Gasteiger partial charge in [-0.05, 0) is 38.1 Å². The lowest BCUT2D eigenvalue weighted by molar-refractivity contribution is -0.0693. The maximum Gasteiger partial charge on any atom is 0.204 e. The number of benzene rings is 4. The van der Waals surface area contributed by atoms with Crippen LogP contribution in [0.4, 0.5) is 0 Å². The van der Waals surface area contributed by atoms with E-state index < -0.39 is 57.4 Å². The van der Waals surface area contributed by atoms with Crippen LogP contribution in [0.5, 0.6) is 46.0 Å². The summed E-state index contributed by atoms with van der Waals surface area (Å²) in [7, 11) is 0. The third-order valence-electron chi connectivity index (χ3n) is 7.66. The first-order chi connectivity index (χ1) is 20.8. The first-order valence-electron chi connectivity index (χ1n) is 13.1. The monoisotopic (exact) mass is 602 g/mol. The van der Waals surface area contributed by atoms with Crippen molar-refractivity contribution in [1.82, 2.24) is 0 Å². The molecule has 0 unspecified atom stereocenters. The van der Waals surface area contributed by atoms with Gasteiger partial charge in [-0.15, -0.1) is 0 Å². The Kier molecular flexibility index (Phi) is 5.44. The minimum atomic E-state index is -1.63. The molecule has 0 amide bonds. The molecule has 0 spiro atoms. The molecule has 0 saturated carbocycles. The third kappa shape index (κ3) is 3.69. The van der Waals surface area contributed by atoms with Gasteiger partial charge in [-0.2, -0.15) is 0 Å². The number of phenols is 6. The van der Waals surface area contributed by atoms with Crippen molar-refractivity contribution in [2.24, 2.45) is 0 Å². The summed E-state index contributed by atoms with van der Waals surface area (Å²) in [5.41, 5.74) is -4.24. The Hall–Kier alpha value is -5.82. The summed E-state index contributed by atoms with van der Waals surface area (Å²) in [5, 5.41) is 72.9. The van der Waals surface area contributed by atoms with E-state index in [-0.39, 0.29) is 66.7 Å². The van der Waals surface area contributed by atoms with Crippen molar-refractivity contribution in [2.75, 3.05) is 0 Å². The van der Waals surface area contributed by atoms with Gasteiger partial charge >= 0.3 is 0 Å². The van der Waals surface area contributed by atoms with E-state index in [9.17, 15) is 45.3 Å². The van der Waals surface area contributed by atoms with Crippen LogP contribution in [0.2, 0.25) is 0 Å². The van der Waals surface area contributed by atoms with Gasteiger partial charge in [-0.3, -0.25) is 9.59 Å². The molecule has 0 aliphatic carbocycles. The molecule has 1 aliphatic rings. The van der Waals surface area contributed by atoms with E-state index in [1.807, 2.05) is 0 Å². The van der Waals surface area contributed by atoms with Crippen LogP contribution in [0.25, 0.3) is 43.9 Å². The van der Waals surface area contributed by atoms with Gasteiger partial charge in [0.2, 0.25) is 22.4 Å². The van der Waals surface area contributed by atoms with Crippen LogP contribution < -0.4 is 20.3 Å². The van der Waals surface area contributed by atoms with Crippen LogP contribution in [-0.2, 0) is 0 Å². The molecule has 0 fully saturated rings. The number of fused-ring (bicyclic) bond motifs is 6. The third-order valence-corrected chi connectivity index (χ3v) is 7.66. The molecule has 224 valence electrons. The highest BCUT2D eigenvalue weighted by molar-refractivity contribution is 5.99. The second kappa shape index (κ2) is 8.84. The Morgan fingerprint density at radius 2 is 1.36 bits per heavy atom. The van der Waals surface area contributed by atoms with E-state index in [4.69, 9.17) is 18.3 Å². The van der Waals surface area contributed by atoms with Crippen LogP contribution in [0.15, 0.2) is 60.9 Å². The summed E-state index contributed by atoms with van der Waals surface area (Å²) in [6.45, 7) is 2.84. The maximum atomic E-state index is 13.4. The molecule has 2 aromatic heterocycles. The zero-order valence-corrected chi connectivity index (χ0v) is 22.8. The highest BCUT2D eigenvalue weighted by Crippen LogP contribution is 2.51. The van der Waals surface area contributed by atoms with Gasteiger partial charge in [-0.25, -0.2) is 0 Å². The largest absolute Gasteiger partial charge is 0.508 e. The van der Waals surface area contributed by atoms with E-state index in [1.165, 1.54) is 32.0 Å². The highest BCUT2D eigenvalue weighted by Gasteiger charge is 2.48. The fraction of sp³-hybridized carbons (Fsp3) is 0.161. The lowest BCUT2D eigenvalue weighted by Crippen LogP contribution is -2.43. The Morgan fingerprint density at radius 1 is 0.727 bits per heavy atom. The summed E-state index contributed by atoms with van der Waals surface area (Å²) < 4.78 is 23.7. The van der Waals surface area contributed by atoms with Crippen molar-refractivity contribution in [3.8, 4) is 46.0 Å². The Balaban J connectivity index is 1.48. The topological polar surface area (TPSA) is 220 Å². The van der Waals surface area contributed by atoms with E-state index in [0.29, 0.717) is 0 Å². The van der Waals surface area contributed by atoms with Crippen LogP contribution in [0.3, 0.4) is 0 Å². The molecule has 4 aromatic carbocycles. The lowest BCUT2D eigenvalue weighted by atomic mass is 9.93. The first-order valence-corrected chi connectivity index (χ1v) is 13.1. The molecule has 1 aliphatic heterocycles. The first kappa shape index (κ1) is 27.0. The molecule has 13 nitrogen and oxygen atoms in total. The lowest BCUT2D eigenvalue weighted by Gasteiger charge is -2.30. The fourth-order valence-electron chi connectivity index (χ4n) is 5.60. The second-order valence-electron chi connectivity index (χ2n) is 11.0. The Morgan fingerprint density at radius 3 is 2.07 bits per heavy atom. The molecule has 7 rings (SSSR count). The minimum absolute atomic E-state index is 0.0287. The maximum absolute atomic E-state index is 13.4. The second-order valence-corrected chi connectivity index (χ2v) is 11.0. The van der Waals surface area contributed by atoms with Crippen LogP contribution in [0, 0.1) is 0 Å². The van der Waals surface area contributed by atoms with Crippen molar-refractivity contribution < 1.29 is 54.1 Å². The van der Waals surface area contributed by atoms with Crippen molar-refractivity contribution in [1.29, 1.82) is 0 Å². The number of phenolic OH excluding ortho intramolecular Hbond substituents is 6. The molecular formula is C31H22O13. The highest BCUT2D eigenvalue weighted by atomic mass is 16.6. The average Bonchev–Trinajstić information content (AvgIpc) is 3.31. The fourth-order valence-corrected chi connectivity index (χ4v) is 5.60. The van der Waals surface area contributed by atoms with Gasteiger partial charge < -0.3 is 54.1 Å². The standard InChI is InChI=1S/C31H22O13/c1-31(2,40)30-29(41-16-6-4-12-22(36)19-14(34)7-10(32)8-17(19)42-27(12)25(16)39)21-18(43-30)9-15(35)20-23(37)11-3-5-13(33)24(38)26(11)44-28(20)21/h3-9,29-30,32-35,38-40H,1-2H3/t29-,30-/m0/s1. The van der Waals surface area contributed by atoms with E-state index in [1.54, 1.807) is 0 Å². The Labute approximate surface area is 244 Å². The van der Waals surface area contributed by atoms with Gasteiger partial charge in [0.15, 0.2) is 40.5 Å². The molecule has 13 heteroatoms. The number of aromatic hydroxyl groups is 6. The van der Waals surface area contributed by atoms with Crippen molar-refractivity contribution >= 4 is 43.9 Å². The van der Waals surface area contributed by atoms with E-state index >= 15 is 0 Å². The molecule has 0 radical (unpaired) electrons. The smallest absolute Gasteiger partial charge is 0.204 e. The van der Waals surface area contributed by atoms with Crippen LogP contribution in [-0.4, -0.2) is 47.5 Å². The molecular weight excluding hydrogens is 580 g/mol. The summed E-state index contributed by atoms with van der Waals surface area (Å²) in [6.07, 6.45) is -2.56. The predicted molar refractivity (Wildman–Crippen MR) is 154 cm³/mol. The molecule has 3 heterocycles. The molecule has 7 N–H and O–H groups in total. The molecule has 0 saturated heterocycles. The van der Waals surface area contributed by atoms with Gasteiger partial charge in [0.05, 0.1) is 21.9 Å². The molecule has 0 bridgehead atoms. The quantitative estimate of drug-likeness (QED) is 0.112. The van der Waals surface area contributed by atoms with Crippen molar-refractivity contribution in [3.05, 3.63) is 68.5 Å². The minimum Gasteiger partial charge on any atom is -0.508 e. The Bertz CT molecular complexity index is 2340.